The molecular formula is C16H29N3O. The second kappa shape index (κ2) is 7.23. The summed E-state index contributed by atoms with van der Waals surface area (Å²) in [4.78, 5) is 2.43. The number of piperidine rings is 1. The van der Waals surface area contributed by atoms with Crippen molar-refractivity contribution in [3.63, 3.8) is 0 Å². The molecule has 2 atom stereocenters. The summed E-state index contributed by atoms with van der Waals surface area (Å²) in [6, 6.07) is 2.67. The van der Waals surface area contributed by atoms with Crippen LogP contribution in [-0.4, -0.2) is 39.0 Å². The summed E-state index contributed by atoms with van der Waals surface area (Å²) in [5.74, 6) is 0.421. The van der Waals surface area contributed by atoms with Gasteiger partial charge < -0.3 is 5.11 Å². The first kappa shape index (κ1) is 15.5. The molecule has 114 valence electrons. The molecule has 1 N–H and O–H groups in total. The Morgan fingerprint density at radius 1 is 1.35 bits per heavy atom. The molecule has 0 aliphatic carbocycles. The molecule has 1 fully saturated rings. The Bertz CT molecular complexity index is 400. The van der Waals surface area contributed by atoms with E-state index in [1.54, 1.807) is 0 Å². The zero-order chi connectivity index (χ0) is 14.5. The largest absolute Gasteiger partial charge is 0.393 e. The topological polar surface area (TPSA) is 41.3 Å². The summed E-state index contributed by atoms with van der Waals surface area (Å²) in [6.07, 6.45) is 6.21. The van der Waals surface area contributed by atoms with E-state index in [-0.39, 0.29) is 6.10 Å². The molecule has 0 bridgehead atoms. The standard InChI is InChI=1S/C16H29N3O/c1-4-13-11-18(9-8-16(13)20)12-14-7-10-19(17-14)15(5-2)6-3/h7,10,13,15-16,20H,4-6,8-9,11-12H2,1-3H3. The normalized spacial score (nSPS) is 24.4. The lowest BCUT2D eigenvalue weighted by molar-refractivity contribution is 0.0217. The highest BCUT2D eigenvalue weighted by atomic mass is 16.3. The van der Waals surface area contributed by atoms with Gasteiger partial charge in [0.2, 0.25) is 0 Å². The fourth-order valence-electron chi connectivity index (χ4n) is 3.20. The SMILES string of the molecule is CCC1CN(Cc2ccn(C(CC)CC)n2)CCC1O. The molecule has 4 nitrogen and oxygen atoms in total. The lowest BCUT2D eigenvalue weighted by Crippen LogP contribution is -2.42. The fourth-order valence-corrected chi connectivity index (χ4v) is 3.20. The second-order valence-electron chi connectivity index (χ2n) is 6.02. The van der Waals surface area contributed by atoms with Crippen molar-refractivity contribution in [1.29, 1.82) is 0 Å². The number of aliphatic hydroxyl groups is 1. The van der Waals surface area contributed by atoms with E-state index in [1.807, 2.05) is 0 Å². The van der Waals surface area contributed by atoms with Gasteiger partial charge in [-0.25, -0.2) is 0 Å². The van der Waals surface area contributed by atoms with Gasteiger partial charge in [0, 0.05) is 25.8 Å². The van der Waals surface area contributed by atoms with Crippen LogP contribution in [0.15, 0.2) is 12.3 Å². The molecule has 20 heavy (non-hydrogen) atoms. The lowest BCUT2D eigenvalue weighted by atomic mass is 9.92. The highest BCUT2D eigenvalue weighted by Crippen LogP contribution is 2.22. The average Bonchev–Trinajstić information content (AvgIpc) is 2.91. The van der Waals surface area contributed by atoms with Crippen molar-refractivity contribution < 1.29 is 5.11 Å². The molecule has 2 heterocycles. The molecule has 0 radical (unpaired) electrons. The summed E-state index contributed by atoms with van der Waals surface area (Å²) in [5, 5.41) is 14.7. The Kier molecular flexibility index (Phi) is 5.61. The molecule has 1 aromatic heterocycles. The van der Waals surface area contributed by atoms with Crippen molar-refractivity contribution in [2.45, 2.75) is 65.1 Å². The first-order valence-electron chi connectivity index (χ1n) is 8.12. The molecule has 1 aliphatic rings. The molecule has 2 rings (SSSR count). The highest BCUT2D eigenvalue weighted by molar-refractivity contribution is 5.00. The Balaban J connectivity index is 1.93. The number of rotatable bonds is 6. The maximum absolute atomic E-state index is 9.95. The zero-order valence-electron chi connectivity index (χ0n) is 13.1. The van der Waals surface area contributed by atoms with Crippen LogP contribution in [0.1, 0.15) is 58.2 Å². The van der Waals surface area contributed by atoms with Crippen molar-refractivity contribution in [3.05, 3.63) is 18.0 Å². The summed E-state index contributed by atoms with van der Waals surface area (Å²) in [5.41, 5.74) is 1.16. The minimum Gasteiger partial charge on any atom is -0.393 e. The van der Waals surface area contributed by atoms with Gasteiger partial charge in [-0.1, -0.05) is 20.8 Å². The van der Waals surface area contributed by atoms with E-state index < -0.39 is 0 Å². The van der Waals surface area contributed by atoms with Gasteiger partial charge in [0.25, 0.3) is 0 Å². The van der Waals surface area contributed by atoms with Crippen LogP contribution in [-0.2, 0) is 6.54 Å². The van der Waals surface area contributed by atoms with Crippen molar-refractivity contribution in [3.8, 4) is 0 Å². The van der Waals surface area contributed by atoms with Gasteiger partial charge in [0.1, 0.15) is 0 Å². The first-order valence-corrected chi connectivity index (χ1v) is 8.12. The van der Waals surface area contributed by atoms with Gasteiger partial charge in [-0.05, 0) is 37.7 Å². The van der Waals surface area contributed by atoms with Gasteiger partial charge in [0.15, 0.2) is 0 Å². The van der Waals surface area contributed by atoms with E-state index in [1.165, 1.54) is 0 Å². The predicted octanol–water partition coefficient (Wildman–Crippen LogP) is 2.84. The Labute approximate surface area is 122 Å². The third-order valence-corrected chi connectivity index (χ3v) is 4.67. The molecule has 4 heteroatoms. The maximum Gasteiger partial charge on any atom is 0.0764 e. The molecule has 2 unspecified atom stereocenters. The lowest BCUT2D eigenvalue weighted by Gasteiger charge is -2.35. The van der Waals surface area contributed by atoms with Crippen molar-refractivity contribution >= 4 is 0 Å². The number of hydrogen-bond donors (Lipinski definition) is 1. The van der Waals surface area contributed by atoms with Gasteiger partial charge in [0.05, 0.1) is 17.8 Å². The van der Waals surface area contributed by atoms with Crippen LogP contribution in [0, 0.1) is 5.92 Å². The molecule has 0 aromatic carbocycles. The Morgan fingerprint density at radius 2 is 2.10 bits per heavy atom. The summed E-state index contributed by atoms with van der Waals surface area (Å²) >= 11 is 0. The number of aromatic nitrogens is 2. The van der Waals surface area contributed by atoms with Crippen LogP contribution in [0.3, 0.4) is 0 Å². The van der Waals surface area contributed by atoms with Crippen LogP contribution in [0.4, 0.5) is 0 Å². The van der Waals surface area contributed by atoms with Crippen LogP contribution in [0.25, 0.3) is 0 Å². The molecule has 1 aliphatic heterocycles. The quantitative estimate of drug-likeness (QED) is 0.870. The molecule has 1 aromatic rings. The van der Waals surface area contributed by atoms with E-state index in [9.17, 15) is 5.11 Å². The number of nitrogens with zero attached hydrogens (tertiary/aromatic N) is 3. The van der Waals surface area contributed by atoms with Crippen molar-refractivity contribution in [2.24, 2.45) is 5.92 Å². The second-order valence-corrected chi connectivity index (χ2v) is 6.02. The van der Waals surface area contributed by atoms with E-state index in [0.717, 1.165) is 51.0 Å². The van der Waals surface area contributed by atoms with Gasteiger partial charge in [-0.15, -0.1) is 0 Å². The molecular weight excluding hydrogens is 250 g/mol. The first-order chi connectivity index (χ1) is 9.67. The summed E-state index contributed by atoms with van der Waals surface area (Å²) in [6.45, 7) is 9.49. The van der Waals surface area contributed by atoms with Gasteiger partial charge in [-0.3, -0.25) is 9.58 Å². The van der Waals surface area contributed by atoms with Crippen molar-refractivity contribution in [2.75, 3.05) is 13.1 Å². The molecule has 0 spiro atoms. The molecule has 0 saturated carbocycles. The highest BCUT2D eigenvalue weighted by Gasteiger charge is 2.26. The summed E-state index contributed by atoms with van der Waals surface area (Å²) in [7, 11) is 0. The van der Waals surface area contributed by atoms with Crippen LogP contribution < -0.4 is 0 Å². The van der Waals surface area contributed by atoms with Gasteiger partial charge >= 0.3 is 0 Å². The van der Waals surface area contributed by atoms with Crippen LogP contribution in [0.5, 0.6) is 0 Å². The minimum absolute atomic E-state index is 0.113. The van der Waals surface area contributed by atoms with E-state index in [2.05, 4.69) is 42.6 Å². The Hall–Kier alpha value is -0.870. The number of likely N-dealkylation sites (tertiary alicyclic amines) is 1. The predicted molar refractivity (Wildman–Crippen MR) is 81.5 cm³/mol. The van der Waals surface area contributed by atoms with E-state index in [0.29, 0.717) is 12.0 Å². The minimum atomic E-state index is -0.113. The fraction of sp³-hybridized carbons (Fsp3) is 0.812. The smallest absolute Gasteiger partial charge is 0.0764 e. The van der Waals surface area contributed by atoms with E-state index in [4.69, 9.17) is 5.10 Å². The average molecular weight is 279 g/mol. The molecule has 0 amide bonds. The summed E-state index contributed by atoms with van der Waals surface area (Å²) < 4.78 is 2.12. The third kappa shape index (κ3) is 3.61. The number of hydrogen-bond acceptors (Lipinski definition) is 3. The van der Waals surface area contributed by atoms with Gasteiger partial charge in [-0.2, -0.15) is 5.10 Å². The molecule has 1 saturated heterocycles. The van der Waals surface area contributed by atoms with Crippen molar-refractivity contribution in [1.82, 2.24) is 14.7 Å². The number of aliphatic hydroxyl groups excluding tert-OH is 1. The van der Waals surface area contributed by atoms with E-state index >= 15 is 0 Å². The maximum atomic E-state index is 9.95. The van der Waals surface area contributed by atoms with Crippen LogP contribution in [0.2, 0.25) is 0 Å². The third-order valence-electron chi connectivity index (χ3n) is 4.67. The van der Waals surface area contributed by atoms with Crippen LogP contribution >= 0.6 is 0 Å². The zero-order valence-corrected chi connectivity index (χ0v) is 13.1. The Morgan fingerprint density at radius 3 is 2.75 bits per heavy atom. The monoisotopic (exact) mass is 279 g/mol.